The summed E-state index contributed by atoms with van der Waals surface area (Å²) in [5, 5.41) is 10.8. The first kappa shape index (κ1) is 21.0. The number of benzene rings is 3. The van der Waals surface area contributed by atoms with Gasteiger partial charge < -0.3 is 9.84 Å². The van der Waals surface area contributed by atoms with E-state index in [2.05, 4.69) is 0 Å². The minimum atomic E-state index is -4.58. The highest BCUT2D eigenvalue weighted by molar-refractivity contribution is 6.31. The highest BCUT2D eigenvalue weighted by atomic mass is 35.5. The Labute approximate surface area is 174 Å². The molecule has 3 aromatic rings. The van der Waals surface area contributed by atoms with Crippen LogP contribution in [-0.4, -0.2) is 11.1 Å². The van der Waals surface area contributed by atoms with E-state index in [4.69, 9.17) is 27.9 Å². The number of hydrogen-bond acceptors (Lipinski definition) is 3. The molecule has 0 radical (unpaired) electrons. The van der Waals surface area contributed by atoms with Gasteiger partial charge in [0.25, 0.3) is 0 Å². The Hall–Kier alpha value is -2.70. The van der Waals surface area contributed by atoms with Crippen LogP contribution >= 0.6 is 23.2 Å². The molecule has 0 fully saturated rings. The molecule has 29 heavy (non-hydrogen) atoms. The number of esters is 1. The van der Waals surface area contributed by atoms with Crippen molar-refractivity contribution < 1.29 is 27.8 Å². The quantitative estimate of drug-likeness (QED) is 0.370. The van der Waals surface area contributed by atoms with E-state index in [0.717, 1.165) is 18.2 Å². The molecule has 150 valence electrons. The van der Waals surface area contributed by atoms with Gasteiger partial charge >= 0.3 is 12.1 Å². The van der Waals surface area contributed by atoms with E-state index in [-0.39, 0.29) is 23.5 Å². The molecule has 0 aliphatic carbocycles. The molecular formula is C21H13Cl2F3O3. The van der Waals surface area contributed by atoms with Crippen molar-refractivity contribution >= 4 is 29.2 Å². The van der Waals surface area contributed by atoms with Crippen LogP contribution in [0.25, 0.3) is 0 Å². The molecule has 0 saturated carbocycles. The number of ether oxygens (including phenoxy) is 1. The summed E-state index contributed by atoms with van der Waals surface area (Å²) in [7, 11) is 0. The average molecular weight is 441 g/mol. The second-order valence-electron chi connectivity index (χ2n) is 6.17. The molecule has 3 rings (SSSR count). The van der Waals surface area contributed by atoms with Gasteiger partial charge in [0.05, 0.1) is 11.1 Å². The molecule has 0 atom stereocenters. The second kappa shape index (κ2) is 8.35. The van der Waals surface area contributed by atoms with Crippen LogP contribution in [0.1, 0.15) is 27.0 Å². The average Bonchev–Trinajstić information content (AvgIpc) is 2.66. The Balaban J connectivity index is 1.90. The topological polar surface area (TPSA) is 46.5 Å². The fourth-order valence-electron chi connectivity index (χ4n) is 2.67. The lowest BCUT2D eigenvalue weighted by Crippen LogP contribution is -2.12. The smallest absolute Gasteiger partial charge is 0.416 e. The van der Waals surface area contributed by atoms with Crippen molar-refractivity contribution in [1.82, 2.24) is 0 Å². The van der Waals surface area contributed by atoms with E-state index in [1.165, 1.54) is 36.4 Å². The van der Waals surface area contributed by atoms with Gasteiger partial charge in [-0.25, -0.2) is 4.79 Å². The number of phenols is 1. The molecule has 3 aromatic carbocycles. The van der Waals surface area contributed by atoms with Crippen molar-refractivity contribution in [3.63, 3.8) is 0 Å². The maximum atomic E-state index is 12.9. The lowest BCUT2D eigenvalue weighted by molar-refractivity contribution is -0.137. The van der Waals surface area contributed by atoms with Crippen molar-refractivity contribution in [2.75, 3.05) is 0 Å². The fourth-order valence-corrected chi connectivity index (χ4v) is 3.06. The van der Waals surface area contributed by atoms with Crippen LogP contribution in [0.4, 0.5) is 13.2 Å². The highest BCUT2D eigenvalue weighted by Crippen LogP contribution is 2.32. The van der Waals surface area contributed by atoms with Crippen LogP contribution in [0.5, 0.6) is 11.5 Å². The van der Waals surface area contributed by atoms with Crippen LogP contribution < -0.4 is 4.74 Å². The van der Waals surface area contributed by atoms with Crippen molar-refractivity contribution in [3.05, 3.63) is 93.0 Å². The van der Waals surface area contributed by atoms with E-state index in [9.17, 15) is 23.1 Å². The molecule has 0 bridgehead atoms. The van der Waals surface area contributed by atoms with E-state index in [0.29, 0.717) is 21.2 Å². The summed E-state index contributed by atoms with van der Waals surface area (Å²) in [6, 6.07) is 12.9. The standard InChI is InChI=1S/C21H13Cl2F3O3/c22-16-4-6-18(27)13(10-16)8-14-11-17(23)5-7-19(14)29-20(28)12-2-1-3-15(9-12)21(24,25)26/h1-7,9-11,27H,8H2. The van der Waals surface area contributed by atoms with Crippen LogP contribution in [0.2, 0.25) is 10.0 Å². The molecule has 0 aliphatic heterocycles. The zero-order valence-corrected chi connectivity index (χ0v) is 16.1. The number of carbonyl (C=O) groups excluding carboxylic acids is 1. The van der Waals surface area contributed by atoms with Crippen molar-refractivity contribution in [2.45, 2.75) is 12.6 Å². The highest BCUT2D eigenvalue weighted by Gasteiger charge is 2.31. The number of alkyl halides is 3. The number of phenolic OH excluding ortho intramolecular Hbond substituents is 1. The van der Waals surface area contributed by atoms with E-state index in [1.807, 2.05) is 0 Å². The number of rotatable bonds is 4. The summed E-state index contributed by atoms with van der Waals surface area (Å²) in [4.78, 5) is 12.4. The largest absolute Gasteiger partial charge is 0.508 e. The Morgan fingerprint density at radius 3 is 2.28 bits per heavy atom. The first-order valence-corrected chi connectivity index (χ1v) is 9.04. The molecule has 8 heteroatoms. The predicted molar refractivity (Wildman–Crippen MR) is 104 cm³/mol. The van der Waals surface area contributed by atoms with Gasteiger partial charge in [-0.1, -0.05) is 29.3 Å². The van der Waals surface area contributed by atoms with Crippen LogP contribution in [0.15, 0.2) is 60.7 Å². The summed E-state index contributed by atoms with van der Waals surface area (Å²) >= 11 is 12.0. The molecule has 0 amide bonds. The van der Waals surface area contributed by atoms with Crippen LogP contribution in [0.3, 0.4) is 0 Å². The van der Waals surface area contributed by atoms with E-state index in [1.54, 1.807) is 6.07 Å². The van der Waals surface area contributed by atoms with Crippen molar-refractivity contribution in [2.24, 2.45) is 0 Å². The fraction of sp³-hybridized carbons (Fsp3) is 0.0952. The Kier molecular flexibility index (Phi) is 6.05. The SMILES string of the molecule is O=C(Oc1ccc(Cl)cc1Cc1cc(Cl)ccc1O)c1cccc(C(F)(F)F)c1. The summed E-state index contributed by atoms with van der Waals surface area (Å²) in [6.45, 7) is 0. The van der Waals surface area contributed by atoms with E-state index >= 15 is 0 Å². The van der Waals surface area contributed by atoms with Crippen LogP contribution in [-0.2, 0) is 12.6 Å². The first-order chi connectivity index (χ1) is 13.6. The minimum Gasteiger partial charge on any atom is -0.508 e. The van der Waals surface area contributed by atoms with Gasteiger partial charge in [0.1, 0.15) is 11.5 Å². The normalized spacial score (nSPS) is 11.3. The Morgan fingerprint density at radius 2 is 1.59 bits per heavy atom. The Bertz CT molecular complexity index is 1070. The summed E-state index contributed by atoms with van der Waals surface area (Å²) < 4.78 is 44.0. The number of aromatic hydroxyl groups is 1. The molecule has 0 heterocycles. The van der Waals surface area contributed by atoms with Crippen molar-refractivity contribution in [1.29, 1.82) is 0 Å². The summed E-state index contributed by atoms with van der Waals surface area (Å²) in [5.74, 6) is -0.851. The maximum absolute atomic E-state index is 12.9. The molecule has 0 aromatic heterocycles. The molecule has 0 spiro atoms. The third-order valence-electron chi connectivity index (χ3n) is 4.07. The monoisotopic (exact) mass is 440 g/mol. The molecule has 3 nitrogen and oxygen atoms in total. The molecule has 0 unspecified atom stereocenters. The van der Waals surface area contributed by atoms with Gasteiger partial charge in [0, 0.05) is 22.0 Å². The number of hydrogen-bond donors (Lipinski definition) is 1. The predicted octanol–water partition coefficient (Wildman–Crippen LogP) is 6.53. The Morgan fingerprint density at radius 1 is 0.931 bits per heavy atom. The number of carbonyl (C=O) groups is 1. The molecular weight excluding hydrogens is 428 g/mol. The molecule has 1 N–H and O–H groups in total. The van der Waals surface area contributed by atoms with Gasteiger partial charge in [-0.15, -0.1) is 0 Å². The number of halogens is 5. The third kappa shape index (κ3) is 5.22. The second-order valence-corrected chi connectivity index (χ2v) is 7.04. The minimum absolute atomic E-state index is 0.00969. The zero-order valence-electron chi connectivity index (χ0n) is 14.6. The zero-order chi connectivity index (χ0) is 21.2. The van der Waals surface area contributed by atoms with E-state index < -0.39 is 17.7 Å². The van der Waals surface area contributed by atoms with Crippen LogP contribution in [0, 0.1) is 0 Å². The van der Waals surface area contributed by atoms with Gasteiger partial charge in [-0.2, -0.15) is 13.2 Å². The molecule has 0 saturated heterocycles. The summed E-state index contributed by atoms with van der Waals surface area (Å²) in [6.07, 6.45) is -4.44. The van der Waals surface area contributed by atoms with Crippen molar-refractivity contribution in [3.8, 4) is 11.5 Å². The first-order valence-electron chi connectivity index (χ1n) is 8.29. The summed E-state index contributed by atoms with van der Waals surface area (Å²) in [5.41, 5.74) is -0.273. The lowest BCUT2D eigenvalue weighted by atomic mass is 10.0. The molecule has 0 aliphatic rings. The van der Waals surface area contributed by atoms with Gasteiger partial charge in [0.2, 0.25) is 0 Å². The lowest BCUT2D eigenvalue weighted by Gasteiger charge is -2.13. The third-order valence-corrected chi connectivity index (χ3v) is 4.54. The van der Waals surface area contributed by atoms with Gasteiger partial charge in [-0.3, -0.25) is 0 Å². The van der Waals surface area contributed by atoms with Gasteiger partial charge in [0.15, 0.2) is 0 Å². The maximum Gasteiger partial charge on any atom is 0.416 e. The van der Waals surface area contributed by atoms with Gasteiger partial charge in [-0.05, 0) is 60.2 Å².